The van der Waals surface area contributed by atoms with Crippen molar-refractivity contribution >= 4 is 26.6 Å². The van der Waals surface area contributed by atoms with Crippen LogP contribution in [0.3, 0.4) is 0 Å². The van der Waals surface area contributed by atoms with Crippen molar-refractivity contribution in [1.82, 2.24) is 9.47 Å². The Hall–Kier alpha value is -2.60. The molecule has 1 aromatic heterocycles. The number of carbonyl (C=O) groups is 1. The van der Waals surface area contributed by atoms with Crippen LogP contribution in [0, 0.1) is 0 Å². The molecule has 0 bridgehead atoms. The highest BCUT2D eigenvalue weighted by molar-refractivity contribution is 7.92. The average molecular weight is 397 g/mol. The maximum atomic E-state index is 12.8. The molecule has 0 aliphatic carbocycles. The van der Waals surface area contributed by atoms with Crippen LogP contribution in [0.1, 0.15) is 18.4 Å². The van der Waals surface area contributed by atoms with Crippen LogP contribution in [-0.2, 0) is 28.1 Å². The number of piperidine rings is 1. The van der Waals surface area contributed by atoms with E-state index in [1.54, 1.807) is 29.2 Å². The van der Waals surface area contributed by atoms with E-state index >= 15 is 0 Å². The van der Waals surface area contributed by atoms with Gasteiger partial charge in [0.1, 0.15) is 0 Å². The van der Waals surface area contributed by atoms with Gasteiger partial charge in [0.05, 0.1) is 16.6 Å². The molecule has 3 aromatic rings. The number of aromatic nitrogens is 1. The molecule has 1 aliphatic rings. The number of hydrogen-bond donors (Lipinski definition) is 0. The largest absolute Gasteiger partial charge is 0.350 e. The molecule has 5 nitrogen and oxygen atoms in total. The second-order valence-corrected chi connectivity index (χ2v) is 9.63. The van der Waals surface area contributed by atoms with E-state index in [4.69, 9.17) is 0 Å². The molecule has 1 fully saturated rings. The van der Waals surface area contributed by atoms with Gasteiger partial charge in [-0.25, -0.2) is 8.42 Å². The number of amides is 1. The maximum Gasteiger partial charge on any atom is 0.227 e. The van der Waals surface area contributed by atoms with Gasteiger partial charge in [0.25, 0.3) is 0 Å². The number of hydrogen-bond acceptors (Lipinski definition) is 3. The van der Waals surface area contributed by atoms with Crippen molar-refractivity contribution in [1.29, 1.82) is 0 Å². The molecular formula is C22H24N2O3S. The summed E-state index contributed by atoms with van der Waals surface area (Å²) in [5, 5.41) is 0.677. The summed E-state index contributed by atoms with van der Waals surface area (Å²) in [6.45, 7) is 0.973. The molecule has 0 saturated carbocycles. The van der Waals surface area contributed by atoms with Gasteiger partial charge in [-0.05, 0) is 36.6 Å². The highest BCUT2D eigenvalue weighted by Gasteiger charge is 2.32. The molecule has 0 N–H and O–H groups in total. The predicted molar refractivity (Wildman–Crippen MR) is 110 cm³/mol. The summed E-state index contributed by atoms with van der Waals surface area (Å²) in [7, 11) is -1.35. The average Bonchev–Trinajstić information content (AvgIpc) is 3.04. The number of aryl methyl sites for hydroxylation is 1. The molecule has 0 atom stereocenters. The lowest BCUT2D eigenvalue weighted by molar-refractivity contribution is -0.131. The van der Waals surface area contributed by atoms with E-state index in [0.29, 0.717) is 37.2 Å². The molecule has 4 rings (SSSR count). The standard InChI is InChI=1S/C22H24N2O3S/c1-23-16-17(20-9-5-6-10-21(20)23)15-22(25)24-13-11-19(12-14-24)28(26,27)18-7-3-2-4-8-18/h2-10,16,19H,11-15H2,1H3. The molecule has 0 spiro atoms. The van der Waals surface area contributed by atoms with Gasteiger partial charge in [-0.3, -0.25) is 4.79 Å². The Labute approximate surface area is 165 Å². The molecule has 0 radical (unpaired) electrons. The zero-order chi connectivity index (χ0) is 19.7. The molecule has 2 aromatic carbocycles. The second kappa shape index (κ2) is 7.43. The zero-order valence-corrected chi connectivity index (χ0v) is 16.7. The fourth-order valence-corrected chi connectivity index (χ4v) is 5.81. The number of likely N-dealkylation sites (tertiary alicyclic amines) is 1. The minimum absolute atomic E-state index is 0.0620. The van der Waals surface area contributed by atoms with Crippen molar-refractivity contribution in [2.75, 3.05) is 13.1 Å². The third-order valence-electron chi connectivity index (χ3n) is 5.63. The number of fused-ring (bicyclic) bond motifs is 1. The number of sulfone groups is 1. The Morgan fingerprint density at radius 1 is 1.00 bits per heavy atom. The topological polar surface area (TPSA) is 59.4 Å². The number of carbonyl (C=O) groups excluding carboxylic acids is 1. The van der Waals surface area contributed by atoms with Crippen molar-refractivity contribution in [3.05, 3.63) is 66.4 Å². The Morgan fingerprint density at radius 2 is 1.64 bits per heavy atom. The fraction of sp³-hybridized carbons (Fsp3) is 0.318. The Bertz CT molecular complexity index is 1100. The second-order valence-electron chi connectivity index (χ2n) is 7.40. The van der Waals surface area contributed by atoms with Crippen LogP contribution in [-0.4, -0.2) is 42.1 Å². The van der Waals surface area contributed by atoms with Gasteiger partial charge >= 0.3 is 0 Å². The minimum Gasteiger partial charge on any atom is -0.350 e. The minimum atomic E-state index is -3.34. The van der Waals surface area contributed by atoms with Crippen LogP contribution in [0.15, 0.2) is 65.7 Å². The molecule has 1 aliphatic heterocycles. The lowest BCUT2D eigenvalue weighted by Crippen LogP contribution is -2.43. The molecule has 6 heteroatoms. The quantitative estimate of drug-likeness (QED) is 0.681. The lowest BCUT2D eigenvalue weighted by atomic mass is 10.1. The van der Waals surface area contributed by atoms with Crippen LogP contribution in [0.25, 0.3) is 10.9 Å². The highest BCUT2D eigenvalue weighted by Crippen LogP contribution is 2.26. The van der Waals surface area contributed by atoms with Crippen molar-refractivity contribution in [2.24, 2.45) is 7.05 Å². The summed E-state index contributed by atoms with van der Waals surface area (Å²) >= 11 is 0. The van der Waals surface area contributed by atoms with Gasteiger partial charge in [0, 0.05) is 37.2 Å². The van der Waals surface area contributed by atoms with E-state index < -0.39 is 15.1 Å². The smallest absolute Gasteiger partial charge is 0.227 e. The summed E-state index contributed by atoms with van der Waals surface area (Å²) in [5.74, 6) is 0.0620. The van der Waals surface area contributed by atoms with Gasteiger partial charge in [-0.2, -0.15) is 0 Å². The van der Waals surface area contributed by atoms with Crippen molar-refractivity contribution in [3.63, 3.8) is 0 Å². The first-order valence-electron chi connectivity index (χ1n) is 9.56. The molecule has 1 saturated heterocycles. The number of rotatable bonds is 4. The maximum absolute atomic E-state index is 12.8. The summed E-state index contributed by atoms with van der Waals surface area (Å²) in [6, 6.07) is 16.7. The van der Waals surface area contributed by atoms with Crippen LogP contribution >= 0.6 is 0 Å². The predicted octanol–water partition coefficient (Wildman–Crippen LogP) is 3.19. The molecule has 2 heterocycles. The summed E-state index contributed by atoms with van der Waals surface area (Å²) < 4.78 is 27.6. The zero-order valence-electron chi connectivity index (χ0n) is 15.9. The van der Waals surface area contributed by atoms with E-state index in [1.165, 1.54) is 0 Å². The van der Waals surface area contributed by atoms with Crippen LogP contribution in [0.4, 0.5) is 0 Å². The third-order valence-corrected chi connectivity index (χ3v) is 7.90. The number of para-hydroxylation sites is 1. The van der Waals surface area contributed by atoms with Crippen LogP contribution in [0.2, 0.25) is 0 Å². The molecular weight excluding hydrogens is 372 g/mol. The van der Waals surface area contributed by atoms with Gasteiger partial charge in [-0.1, -0.05) is 36.4 Å². The molecule has 1 amide bonds. The van der Waals surface area contributed by atoms with Crippen molar-refractivity contribution < 1.29 is 13.2 Å². The first-order chi connectivity index (χ1) is 13.5. The van der Waals surface area contributed by atoms with E-state index in [2.05, 4.69) is 0 Å². The van der Waals surface area contributed by atoms with E-state index in [-0.39, 0.29) is 5.91 Å². The van der Waals surface area contributed by atoms with E-state index in [0.717, 1.165) is 16.5 Å². The number of benzene rings is 2. The summed E-state index contributed by atoms with van der Waals surface area (Å²) in [5.41, 5.74) is 2.13. The van der Waals surface area contributed by atoms with Gasteiger partial charge < -0.3 is 9.47 Å². The van der Waals surface area contributed by atoms with Gasteiger partial charge in [-0.15, -0.1) is 0 Å². The van der Waals surface area contributed by atoms with Crippen molar-refractivity contribution in [3.8, 4) is 0 Å². The van der Waals surface area contributed by atoms with Crippen molar-refractivity contribution in [2.45, 2.75) is 29.4 Å². The highest BCUT2D eigenvalue weighted by atomic mass is 32.2. The number of nitrogens with zero attached hydrogens (tertiary/aromatic N) is 2. The van der Waals surface area contributed by atoms with Gasteiger partial charge in [0.15, 0.2) is 9.84 Å². The molecule has 28 heavy (non-hydrogen) atoms. The summed E-state index contributed by atoms with van der Waals surface area (Å²) in [6.07, 6.45) is 3.32. The normalized spacial score (nSPS) is 15.8. The first-order valence-corrected chi connectivity index (χ1v) is 11.1. The Morgan fingerprint density at radius 3 is 2.36 bits per heavy atom. The first kappa shape index (κ1) is 18.7. The lowest BCUT2D eigenvalue weighted by Gasteiger charge is -2.31. The van der Waals surface area contributed by atoms with E-state index in [1.807, 2.05) is 48.1 Å². The SMILES string of the molecule is Cn1cc(CC(=O)N2CCC(S(=O)(=O)c3ccccc3)CC2)c2ccccc21. The van der Waals surface area contributed by atoms with Crippen LogP contribution in [0.5, 0.6) is 0 Å². The monoisotopic (exact) mass is 396 g/mol. The summed E-state index contributed by atoms with van der Waals surface area (Å²) in [4.78, 5) is 15.0. The fourth-order valence-electron chi connectivity index (χ4n) is 4.06. The van der Waals surface area contributed by atoms with E-state index in [9.17, 15) is 13.2 Å². The third kappa shape index (κ3) is 3.44. The Balaban J connectivity index is 1.43. The van der Waals surface area contributed by atoms with Gasteiger partial charge in [0.2, 0.25) is 5.91 Å². The molecule has 0 unspecified atom stereocenters. The Kier molecular flexibility index (Phi) is 4.98. The van der Waals surface area contributed by atoms with Crippen LogP contribution < -0.4 is 0 Å². The molecule has 146 valence electrons.